The Morgan fingerprint density at radius 2 is 1.72 bits per heavy atom. The molecule has 1 atom stereocenters. The van der Waals surface area contributed by atoms with E-state index in [1.54, 1.807) is 0 Å². The number of hydrogen-bond acceptors (Lipinski definition) is 3. The highest BCUT2D eigenvalue weighted by Crippen LogP contribution is 2.22. The van der Waals surface area contributed by atoms with Crippen LogP contribution in [-0.4, -0.2) is 60.0 Å². The van der Waals surface area contributed by atoms with Crippen molar-refractivity contribution in [3.63, 3.8) is 0 Å². The van der Waals surface area contributed by atoms with Gasteiger partial charge in [-0.1, -0.05) is 6.92 Å². The molecule has 104 valence electrons. The minimum atomic E-state index is -0.250. The number of rotatable bonds is 2. The van der Waals surface area contributed by atoms with Gasteiger partial charge in [0.1, 0.15) is 0 Å². The fourth-order valence-corrected chi connectivity index (χ4v) is 2.91. The maximum atomic E-state index is 10.6. The average molecular weight is 256 g/mol. The second-order valence-corrected chi connectivity index (χ2v) is 5.22. The van der Waals surface area contributed by atoms with Crippen LogP contribution < -0.4 is 0 Å². The molecule has 0 aromatic rings. The Hall–Kier alpha value is -1.10. The first kappa shape index (κ1) is 15.0. The van der Waals surface area contributed by atoms with Gasteiger partial charge in [-0.3, -0.25) is 14.5 Å². The lowest BCUT2D eigenvalue weighted by Crippen LogP contribution is -2.47. The maximum Gasteiger partial charge on any atom is 0.290 e. The van der Waals surface area contributed by atoms with E-state index in [-0.39, 0.29) is 6.47 Å². The summed E-state index contributed by atoms with van der Waals surface area (Å²) in [5.41, 5.74) is 0. The minimum Gasteiger partial charge on any atom is -0.483 e. The summed E-state index contributed by atoms with van der Waals surface area (Å²) in [6, 6.07) is 0.740. The summed E-state index contributed by atoms with van der Waals surface area (Å²) in [6.07, 6.45) is 6.09. The van der Waals surface area contributed by atoms with Crippen LogP contribution in [0.25, 0.3) is 0 Å². The molecule has 0 spiro atoms. The lowest BCUT2D eigenvalue weighted by molar-refractivity contribution is -0.123. The Morgan fingerprint density at radius 1 is 1.11 bits per heavy atom. The molecule has 2 fully saturated rings. The Bertz CT molecular complexity index is 253. The summed E-state index contributed by atoms with van der Waals surface area (Å²) in [5.74, 6) is 0.864. The third kappa shape index (κ3) is 4.64. The molecule has 5 heteroatoms. The van der Waals surface area contributed by atoms with E-state index >= 15 is 0 Å². The molecular weight excluding hydrogens is 232 g/mol. The van der Waals surface area contributed by atoms with Crippen LogP contribution in [0.5, 0.6) is 0 Å². The number of piperidine rings is 2. The van der Waals surface area contributed by atoms with Crippen LogP contribution in [0.4, 0.5) is 0 Å². The van der Waals surface area contributed by atoms with Crippen molar-refractivity contribution in [3.05, 3.63) is 0 Å². The zero-order valence-corrected chi connectivity index (χ0v) is 11.1. The normalized spacial score (nSPS) is 26.1. The van der Waals surface area contributed by atoms with Crippen molar-refractivity contribution >= 4 is 12.9 Å². The largest absolute Gasteiger partial charge is 0.483 e. The van der Waals surface area contributed by atoms with Crippen LogP contribution in [0.2, 0.25) is 0 Å². The molecule has 1 N–H and O–H groups in total. The lowest BCUT2D eigenvalue weighted by Gasteiger charge is -2.41. The molecular formula is C13H24N2O3. The number of likely N-dealkylation sites (tertiary alicyclic amines) is 2. The van der Waals surface area contributed by atoms with Crippen molar-refractivity contribution < 1.29 is 14.7 Å². The zero-order chi connectivity index (χ0) is 13.4. The third-order valence-corrected chi connectivity index (χ3v) is 3.85. The molecule has 0 aliphatic carbocycles. The van der Waals surface area contributed by atoms with Gasteiger partial charge in [0.2, 0.25) is 6.41 Å². The molecule has 0 aromatic carbocycles. The Kier molecular flexibility index (Phi) is 6.72. The average Bonchev–Trinajstić information content (AvgIpc) is 2.40. The van der Waals surface area contributed by atoms with Gasteiger partial charge in [-0.25, -0.2) is 0 Å². The maximum absolute atomic E-state index is 10.6. The van der Waals surface area contributed by atoms with Gasteiger partial charge < -0.3 is 10.0 Å². The fraction of sp³-hybridized carbons (Fsp3) is 0.846. The SMILES string of the molecule is C[C@@H]1CCCN(C2CCN(C=O)CC2)C1.O=CO. The van der Waals surface area contributed by atoms with Crippen molar-refractivity contribution in [2.75, 3.05) is 26.2 Å². The van der Waals surface area contributed by atoms with Gasteiger partial charge >= 0.3 is 0 Å². The minimum absolute atomic E-state index is 0.250. The molecule has 0 aromatic heterocycles. The van der Waals surface area contributed by atoms with E-state index in [9.17, 15) is 4.79 Å². The summed E-state index contributed by atoms with van der Waals surface area (Å²) in [7, 11) is 0. The molecule has 2 rings (SSSR count). The predicted molar refractivity (Wildman–Crippen MR) is 69.3 cm³/mol. The number of carbonyl (C=O) groups excluding carboxylic acids is 1. The van der Waals surface area contributed by atoms with E-state index in [0.29, 0.717) is 0 Å². The van der Waals surface area contributed by atoms with Crippen LogP contribution in [0.1, 0.15) is 32.6 Å². The van der Waals surface area contributed by atoms with Crippen molar-refractivity contribution in [2.24, 2.45) is 5.92 Å². The molecule has 0 saturated carbocycles. The Balaban J connectivity index is 0.000000492. The van der Waals surface area contributed by atoms with E-state index < -0.39 is 0 Å². The second-order valence-electron chi connectivity index (χ2n) is 5.22. The number of carboxylic acid groups (broad SMARTS) is 1. The smallest absolute Gasteiger partial charge is 0.290 e. The van der Waals surface area contributed by atoms with E-state index in [1.807, 2.05) is 4.90 Å². The Morgan fingerprint density at radius 3 is 2.22 bits per heavy atom. The molecule has 2 heterocycles. The van der Waals surface area contributed by atoms with Crippen LogP contribution in [0, 0.1) is 5.92 Å². The van der Waals surface area contributed by atoms with Crippen LogP contribution in [0.3, 0.4) is 0 Å². The van der Waals surface area contributed by atoms with Gasteiger partial charge in [0.25, 0.3) is 6.47 Å². The first-order valence-corrected chi connectivity index (χ1v) is 6.72. The molecule has 0 unspecified atom stereocenters. The van der Waals surface area contributed by atoms with Crippen molar-refractivity contribution in [1.82, 2.24) is 9.80 Å². The summed E-state index contributed by atoms with van der Waals surface area (Å²) in [6.45, 7) is 6.56. The van der Waals surface area contributed by atoms with Crippen LogP contribution in [0.15, 0.2) is 0 Å². The fourth-order valence-electron chi connectivity index (χ4n) is 2.91. The summed E-state index contributed by atoms with van der Waals surface area (Å²) >= 11 is 0. The van der Waals surface area contributed by atoms with Gasteiger partial charge in [0.05, 0.1) is 0 Å². The van der Waals surface area contributed by atoms with Gasteiger partial charge in [-0.2, -0.15) is 0 Å². The zero-order valence-electron chi connectivity index (χ0n) is 11.1. The van der Waals surface area contributed by atoms with Crippen molar-refractivity contribution in [2.45, 2.75) is 38.6 Å². The van der Waals surface area contributed by atoms with E-state index in [2.05, 4.69) is 11.8 Å². The molecule has 2 aliphatic rings. The van der Waals surface area contributed by atoms with Gasteiger partial charge in [-0.15, -0.1) is 0 Å². The summed E-state index contributed by atoms with van der Waals surface area (Å²) in [5, 5.41) is 6.89. The topological polar surface area (TPSA) is 60.9 Å². The van der Waals surface area contributed by atoms with Crippen LogP contribution in [-0.2, 0) is 9.59 Å². The molecule has 2 saturated heterocycles. The predicted octanol–water partition coefficient (Wildman–Crippen LogP) is 1.04. The first-order chi connectivity index (χ1) is 8.71. The van der Waals surface area contributed by atoms with Crippen molar-refractivity contribution in [1.29, 1.82) is 0 Å². The van der Waals surface area contributed by atoms with Crippen LogP contribution >= 0.6 is 0 Å². The second kappa shape index (κ2) is 8.08. The molecule has 0 radical (unpaired) electrons. The highest BCUT2D eigenvalue weighted by Gasteiger charge is 2.26. The Labute approximate surface area is 109 Å². The number of hydrogen-bond donors (Lipinski definition) is 1. The van der Waals surface area contributed by atoms with Gasteiger partial charge in [0, 0.05) is 25.7 Å². The van der Waals surface area contributed by atoms with Gasteiger partial charge in [-0.05, 0) is 38.1 Å². The highest BCUT2D eigenvalue weighted by molar-refractivity contribution is 5.47. The monoisotopic (exact) mass is 256 g/mol. The number of carbonyl (C=O) groups is 2. The van der Waals surface area contributed by atoms with Crippen molar-refractivity contribution in [3.8, 4) is 0 Å². The summed E-state index contributed by atoms with van der Waals surface area (Å²) in [4.78, 5) is 23.5. The highest BCUT2D eigenvalue weighted by atomic mass is 16.3. The first-order valence-electron chi connectivity index (χ1n) is 6.72. The molecule has 0 bridgehead atoms. The molecule has 2 aliphatic heterocycles. The number of amides is 1. The van der Waals surface area contributed by atoms with E-state index in [4.69, 9.17) is 9.90 Å². The summed E-state index contributed by atoms with van der Waals surface area (Å²) < 4.78 is 0. The molecule has 5 nitrogen and oxygen atoms in total. The number of nitrogens with zero attached hydrogens (tertiary/aromatic N) is 2. The lowest BCUT2D eigenvalue weighted by atomic mass is 9.95. The van der Waals surface area contributed by atoms with Gasteiger partial charge in [0.15, 0.2) is 0 Å². The quantitative estimate of drug-likeness (QED) is 0.750. The standard InChI is InChI=1S/C12H22N2O.CH2O2/c1-11-3-2-6-14(9-11)12-4-7-13(10-15)8-5-12;2-1-3/h10-12H,2-9H2,1H3;1H,(H,2,3)/t11-;/m1./s1. The van der Waals surface area contributed by atoms with E-state index in [1.165, 1.54) is 38.8 Å². The molecule has 18 heavy (non-hydrogen) atoms. The molecule has 1 amide bonds. The third-order valence-electron chi connectivity index (χ3n) is 3.85. The van der Waals surface area contributed by atoms with E-state index in [0.717, 1.165) is 31.5 Å².